The number of likely N-dealkylation sites (tertiary alicyclic amines) is 1. The maximum atomic E-state index is 12.9. The summed E-state index contributed by atoms with van der Waals surface area (Å²) < 4.78 is 5.42. The molecular formula is C20H32N4O3. The average Bonchev–Trinajstić information content (AvgIpc) is 2.60. The fraction of sp³-hybridized carbons (Fsp3) is 0.650. The number of hydrogen-bond acceptors (Lipinski definition) is 5. The van der Waals surface area contributed by atoms with Crippen LogP contribution in [0.5, 0.6) is 0 Å². The highest BCUT2D eigenvalue weighted by Crippen LogP contribution is 2.21. The summed E-state index contributed by atoms with van der Waals surface area (Å²) in [6.45, 7) is 7.54. The summed E-state index contributed by atoms with van der Waals surface area (Å²) in [6, 6.07) is 3.57. The number of amides is 2. The number of aromatic nitrogens is 1. The van der Waals surface area contributed by atoms with Crippen molar-refractivity contribution in [1.29, 1.82) is 0 Å². The minimum Gasteiger partial charge on any atom is -0.444 e. The van der Waals surface area contributed by atoms with Crippen LogP contribution in [0.1, 0.15) is 44.0 Å². The number of rotatable bonds is 4. The van der Waals surface area contributed by atoms with Gasteiger partial charge in [-0.15, -0.1) is 0 Å². The van der Waals surface area contributed by atoms with E-state index in [2.05, 4.69) is 4.98 Å². The van der Waals surface area contributed by atoms with Gasteiger partial charge >= 0.3 is 6.09 Å². The zero-order chi connectivity index (χ0) is 20.2. The van der Waals surface area contributed by atoms with Crippen LogP contribution in [0.4, 0.5) is 10.6 Å². The van der Waals surface area contributed by atoms with Crippen LogP contribution in [0.3, 0.4) is 0 Å². The second kappa shape index (κ2) is 8.59. The van der Waals surface area contributed by atoms with E-state index in [9.17, 15) is 9.59 Å². The van der Waals surface area contributed by atoms with Crippen molar-refractivity contribution in [2.45, 2.75) is 39.2 Å². The second-order valence-electron chi connectivity index (χ2n) is 8.42. The van der Waals surface area contributed by atoms with Crippen LogP contribution in [0.15, 0.2) is 18.3 Å². The Morgan fingerprint density at radius 3 is 2.63 bits per heavy atom. The summed E-state index contributed by atoms with van der Waals surface area (Å²) in [5.41, 5.74) is 0.139. The molecule has 0 radical (unpaired) electrons. The number of carbonyl (C=O) groups is 2. The highest BCUT2D eigenvalue weighted by Gasteiger charge is 2.28. The Hall–Kier alpha value is -2.31. The number of hydrogen-bond donors (Lipinski definition) is 0. The molecule has 0 bridgehead atoms. The summed E-state index contributed by atoms with van der Waals surface area (Å²) in [4.78, 5) is 34.7. The molecule has 7 nitrogen and oxygen atoms in total. The minimum absolute atomic E-state index is 0.0186. The first-order chi connectivity index (χ1) is 12.6. The third kappa shape index (κ3) is 6.12. The van der Waals surface area contributed by atoms with E-state index in [4.69, 9.17) is 4.74 Å². The molecule has 0 spiro atoms. The molecule has 2 heterocycles. The van der Waals surface area contributed by atoms with Crippen LogP contribution in [0, 0.1) is 5.92 Å². The Morgan fingerprint density at radius 2 is 2.00 bits per heavy atom. The first kappa shape index (κ1) is 21.0. The van der Waals surface area contributed by atoms with Crippen LogP contribution >= 0.6 is 0 Å². The van der Waals surface area contributed by atoms with Gasteiger partial charge in [0.1, 0.15) is 11.4 Å². The molecule has 1 aliphatic heterocycles. The second-order valence-corrected chi connectivity index (χ2v) is 8.42. The lowest BCUT2D eigenvalue weighted by Gasteiger charge is -2.35. The molecule has 0 aliphatic carbocycles. The molecule has 1 aromatic rings. The normalized spacial score (nSPS) is 17.4. The topological polar surface area (TPSA) is 66.0 Å². The lowest BCUT2D eigenvalue weighted by atomic mass is 9.97. The Labute approximate surface area is 162 Å². The molecule has 7 heteroatoms. The monoisotopic (exact) mass is 376 g/mol. The Balaban J connectivity index is 1.98. The van der Waals surface area contributed by atoms with Gasteiger partial charge < -0.3 is 19.4 Å². The van der Waals surface area contributed by atoms with Crippen LogP contribution in [-0.4, -0.2) is 73.2 Å². The van der Waals surface area contributed by atoms with Gasteiger partial charge in [-0.25, -0.2) is 9.78 Å². The van der Waals surface area contributed by atoms with Gasteiger partial charge in [0.05, 0.1) is 0 Å². The molecule has 150 valence electrons. The van der Waals surface area contributed by atoms with E-state index in [0.29, 0.717) is 18.7 Å². The number of piperidine rings is 1. The molecule has 0 saturated carbocycles. The van der Waals surface area contributed by atoms with Gasteiger partial charge in [0.2, 0.25) is 0 Å². The predicted molar refractivity (Wildman–Crippen MR) is 106 cm³/mol. The van der Waals surface area contributed by atoms with Gasteiger partial charge in [-0.2, -0.15) is 0 Å². The Morgan fingerprint density at radius 1 is 1.30 bits per heavy atom. The van der Waals surface area contributed by atoms with E-state index < -0.39 is 5.60 Å². The van der Waals surface area contributed by atoms with Crippen LogP contribution in [0.2, 0.25) is 0 Å². The minimum atomic E-state index is -0.509. The van der Waals surface area contributed by atoms with Gasteiger partial charge in [-0.3, -0.25) is 4.79 Å². The summed E-state index contributed by atoms with van der Waals surface area (Å²) in [6.07, 6.45) is 3.27. The summed E-state index contributed by atoms with van der Waals surface area (Å²) in [5, 5.41) is 0. The molecule has 1 atom stereocenters. The number of anilines is 1. The quantitative estimate of drug-likeness (QED) is 0.808. The summed E-state index contributed by atoms with van der Waals surface area (Å²) >= 11 is 0. The molecule has 2 rings (SSSR count). The zero-order valence-electron chi connectivity index (χ0n) is 17.4. The van der Waals surface area contributed by atoms with Crippen molar-refractivity contribution >= 4 is 17.8 Å². The predicted octanol–water partition coefficient (Wildman–Crippen LogP) is 2.87. The molecule has 0 N–H and O–H groups in total. The molecule has 1 fully saturated rings. The fourth-order valence-corrected chi connectivity index (χ4v) is 3.18. The molecule has 0 aromatic carbocycles. The van der Waals surface area contributed by atoms with Gasteiger partial charge in [-0.05, 0) is 51.7 Å². The number of nitrogens with zero attached hydrogens (tertiary/aromatic N) is 4. The van der Waals surface area contributed by atoms with Crippen molar-refractivity contribution in [3.05, 3.63) is 23.9 Å². The van der Waals surface area contributed by atoms with E-state index in [1.54, 1.807) is 24.2 Å². The first-order valence-electron chi connectivity index (χ1n) is 9.43. The summed E-state index contributed by atoms with van der Waals surface area (Å²) in [7, 11) is 5.56. The van der Waals surface area contributed by atoms with Gasteiger partial charge in [0, 0.05) is 52.5 Å². The molecular weight excluding hydrogens is 344 g/mol. The average molecular weight is 377 g/mol. The third-order valence-corrected chi connectivity index (χ3v) is 4.49. The third-order valence-electron chi connectivity index (χ3n) is 4.49. The van der Waals surface area contributed by atoms with E-state index >= 15 is 0 Å². The molecule has 1 aromatic heterocycles. The standard InChI is InChI=1S/C20H32N4O3/c1-20(2,3)27-19(26)23(6)13-15-8-7-11-24(14-15)18(25)16-9-10-21-17(12-16)22(4)5/h9-10,12,15H,7-8,11,13-14H2,1-6H3. The number of ether oxygens (including phenoxy) is 1. The van der Waals surface area contributed by atoms with E-state index in [0.717, 1.165) is 25.2 Å². The van der Waals surface area contributed by atoms with Crippen molar-refractivity contribution < 1.29 is 14.3 Å². The van der Waals surface area contributed by atoms with Crippen molar-refractivity contribution in [3.8, 4) is 0 Å². The van der Waals surface area contributed by atoms with Gasteiger partial charge in [-0.1, -0.05) is 0 Å². The SMILES string of the molecule is CN(CC1CCCN(C(=O)c2ccnc(N(C)C)c2)C1)C(=O)OC(C)(C)C. The maximum Gasteiger partial charge on any atom is 0.410 e. The van der Waals surface area contributed by atoms with Gasteiger partial charge in [0.25, 0.3) is 5.91 Å². The van der Waals surface area contributed by atoms with Crippen molar-refractivity contribution in [2.24, 2.45) is 5.92 Å². The van der Waals surface area contributed by atoms with E-state index in [-0.39, 0.29) is 17.9 Å². The largest absolute Gasteiger partial charge is 0.444 e. The van der Waals surface area contributed by atoms with Gasteiger partial charge in [0.15, 0.2) is 0 Å². The van der Waals surface area contributed by atoms with Crippen LogP contribution in [-0.2, 0) is 4.74 Å². The Kier molecular flexibility index (Phi) is 6.68. The zero-order valence-corrected chi connectivity index (χ0v) is 17.4. The Bertz CT molecular complexity index is 669. The molecule has 1 unspecified atom stereocenters. The lowest BCUT2D eigenvalue weighted by molar-refractivity contribution is 0.0244. The van der Waals surface area contributed by atoms with Crippen LogP contribution in [0.25, 0.3) is 0 Å². The van der Waals surface area contributed by atoms with Crippen molar-refractivity contribution in [1.82, 2.24) is 14.8 Å². The molecule has 1 saturated heterocycles. The molecule has 1 aliphatic rings. The summed E-state index contributed by atoms with van der Waals surface area (Å²) in [5.74, 6) is 1.03. The van der Waals surface area contributed by atoms with Crippen molar-refractivity contribution in [2.75, 3.05) is 45.7 Å². The smallest absolute Gasteiger partial charge is 0.410 e. The highest BCUT2D eigenvalue weighted by atomic mass is 16.6. The lowest BCUT2D eigenvalue weighted by Crippen LogP contribution is -2.45. The van der Waals surface area contributed by atoms with Crippen LogP contribution < -0.4 is 4.90 Å². The highest BCUT2D eigenvalue weighted by molar-refractivity contribution is 5.94. The number of carbonyl (C=O) groups excluding carboxylic acids is 2. The first-order valence-corrected chi connectivity index (χ1v) is 9.43. The van der Waals surface area contributed by atoms with E-state index in [1.807, 2.05) is 50.7 Å². The maximum absolute atomic E-state index is 12.9. The van der Waals surface area contributed by atoms with Crippen molar-refractivity contribution in [3.63, 3.8) is 0 Å². The number of pyridine rings is 1. The van der Waals surface area contributed by atoms with E-state index in [1.165, 1.54) is 0 Å². The fourth-order valence-electron chi connectivity index (χ4n) is 3.18. The molecule has 27 heavy (non-hydrogen) atoms. The molecule has 2 amide bonds.